The molecule has 0 aromatic heterocycles. The van der Waals surface area contributed by atoms with Crippen LogP contribution in [0.15, 0.2) is 97.1 Å². The number of carbonyl (C=O) groups is 2. The highest BCUT2D eigenvalue weighted by molar-refractivity contribution is 7.85. The van der Waals surface area contributed by atoms with Gasteiger partial charge in [0.25, 0.3) is 16.0 Å². The number of amides is 2. The van der Waals surface area contributed by atoms with Crippen molar-refractivity contribution < 1.29 is 27.7 Å². The second kappa shape index (κ2) is 14.8. The first-order valence-corrected chi connectivity index (χ1v) is 16.7. The third-order valence-corrected chi connectivity index (χ3v) is 8.16. The van der Waals surface area contributed by atoms with Crippen molar-refractivity contribution in [2.45, 2.75) is 33.1 Å². The fourth-order valence-electron chi connectivity index (χ4n) is 4.71. The number of hydrogen-bond acceptors (Lipinski definition) is 5. The molecule has 0 aliphatic carbocycles. The van der Waals surface area contributed by atoms with Gasteiger partial charge in [0, 0.05) is 23.4 Å². The predicted octanol–water partition coefficient (Wildman–Crippen LogP) is 7.35. The summed E-state index contributed by atoms with van der Waals surface area (Å²) in [6, 6.07) is 26.7. The van der Waals surface area contributed by atoms with E-state index >= 15 is 0 Å². The Labute approximate surface area is 274 Å². The van der Waals surface area contributed by atoms with Crippen LogP contribution in [-0.2, 0) is 21.3 Å². The second-order valence-corrected chi connectivity index (χ2v) is 14.1. The van der Waals surface area contributed by atoms with Crippen LogP contribution in [0.1, 0.15) is 53.7 Å². The van der Waals surface area contributed by atoms with Gasteiger partial charge in [-0.3, -0.25) is 14.1 Å². The van der Waals surface area contributed by atoms with Crippen LogP contribution in [0.2, 0.25) is 5.02 Å². The van der Waals surface area contributed by atoms with Crippen molar-refractivity contribution in [1.29, 1.82) is 0 Å². The smallest absolute Gasteiger partial charge is 0.266 e. The lowest BCUT2D eigenvalue weighted by atomic mass is 9.89. The number of phenolic OH excluding ortho intramolecular Hbond substituents is 1. The number of nitrogens with one attached hydrogen (secondary N) is 2. The zero-order valence-electron chi connectivity index (χ0n) is 25.8. The molecule has 0 aliphatic heterocycles. The zero-order valence-corrected chi connectivity index (χ0v) is 27.4. The van der Waals surface area contributed by atoms with E-state index < -0.39 is 27.7 Å². The molecule has 46 heavy (non-hydrogen) atoms. The number of aromatic hydroxyl groups is 1. The van der Waals surface area contributed by atoms with E-state index in [-0.39, 0.29) is 23.6 Å². The van der Waals surface area contributed by atoms with E-state index in [1.165, 1.54) is 6.07 Å². The third kappa shape index (κ3) is 10.3. The van der Waals surface area contributed by atoms with Crippen molar-refractivity contribution in [1.82, 2.24) is 5.32 Å². The fraction of sp³-hybridized carbons (Fsp3) is 0.222. The molecule has 1 atom stereocenters. The van der Waals surface area contributed by atoms with E-state index in [1.54, 1.807) is 48.5 Å². The average Bonchev–Trinajstić information content (AvgIpc) is 2.99. The molecule has 1 unspecified atom stereocenters. The molecule has 0 bridgehead atoms. The maximum Gasteiger partial charge on any atom is 0.266 e. The first kappa shape index (κ1) is 34.4. The number of halogens is 1. The molecule has 0 saturated carbocycles. The summed E-state index contributed by atoms with van der Waals surface area (Å²) in [6.45, 7) is 6.12. The van der Waals surface area contributed by atoms with Crippen LogP contribution < -0.4 is 10.6 Å². The number of benzene rings is 4. The van der Waals surface area contributed by atoms with E-state index in [0.29, 0.717) is 22.7 Å². The van der Waals surface area contributed by atoms with Crippen LogP contribution in [0.3, 0.4) is 0 Å². The average molecular weight is 661 g/mol. The van der Waals surface area contributed by atoms with E-state index in [1.807, 2.05) is 42.5 Å². The van der Waals surface area contributed by atoms with Crippen LogP contribution in [0, 0.1) is 5.41 Å². The molecular formula is C36H37ClN2O6S. The number of anilines is 1. The minimum Gasteiger partial charge on any atom is -0.508 e. The van der Waals surface area contributed by atoms with Crippen molar-refractivity contribution in [3.05, 3.63) is 124 Å². The molecule has 2 amide bonds. The van der Waals surface area contributed by atoms with Crippen LogP contribution in [-0.4, -0.2) is 42.2 Å². The van der Waals surface area contributed by atoms with Gasteiger partial charge in [-0.1, -0.05) is 93.1 Å². The SMILES string of the molecule is CC(C)(C)/C=C/c1cccc(C(Cc2ccc(C(=O)NCCS(=O)(=O)O)cc2)C(=O)Nc2ccc(-c3ccc(O)cc3Cl)cc2)c1. The maximum atomic E-state index is 13.9. The highest BCUT2D eigenvalue weighted by Crippen LogP contribution is 2.32. The van der Waals surface area contributed by atoms with Crippen LogP contribution in [0.25, 0.3) is 17.2 Å². The molecular weight excluding hydrogens is 624 g/mol. The van der Waals surface area contributed by atoms with Gasteiger partial charge in [-0.25, -0.2) is 0 Å². The minimum absolute atomic E-state index is 0.0102. The molecule has 4 rings (SSSR count). The molecule has 0 aliphatic rings. The van der Waals surface area contributed by atoms with Gasteiger partial charge in [-0.15, -0.1) is 0 Å². The maximum absolute atomic E-state index is 13.9. The number of allylic oxidation sites excluding steroid dienone is 1. The molecule has 4 aromatic rings. The van der Waals surface area contributed by atoms with E-state index in [9.17, 15) is 23.1 Å². The summed E-state index contributed by atoms with van der Waals surface area (Å²) in [6.07, 6.45) is 4.51. The molecule has 4 N–H and O–H groups in total. The van der Waals surface area contributed by atoms with E-state index in [0.717, 1.165) is 27.8 Å². The lowest BCUT2D eigenvalue weighted by Gasteiger charge is -2.19. The summed E-state index contributed by atoms with van der Waals surface area (Å²) in [4.78, 5) is 26.3. The van der Waals surface area contributed by atoms with Crippen LogP contribution in [0.4, 0.5) is 5.69 Å². The van der Waals surface area contributed by atoms with Crippen molar-refractivity contribution in [3.63, 3.8) is 0 Å². The topological polar surface area (TPSA) is 133 Å². The molecule has 4 aromatic carbocycles. The van der Waals surface area contributed by atoms with Gasteiger partial charge >= 0.3 is 0 Å². The molecule has 0 spiro atoms. The van der Waals surface area contributed by atoms with Crippen molar-refractivity contribution >= 4 is 45.3 Å². The van der Waals surface area contributed by atoms with Gasteiger partial charge < -0.3 is 15.7 Å². The van der Waals surface area contributed by atoms with Gasteiger partial charge in [0.1, 0.15) is 5.75 Å². The number of rotatable bonds is 11. The van der Waals surface area contributed by atoms with Crippen molar-refractivity contribution in [2.24, 2.45) is 5.41 Å². The summed E-state index contributed by atoms with van der Waals surface area (Å²) in [5.74, 6) is -1.75. The van der Waals surface area contributed by atoms with Gasteiger partial charge in [0.05, 0.1) is 16.7 Å². The summed E-state index contributed by atoms with van der Waals surface area (Å²) in [7, 11) is -4.18. The first-order chi connectivity index (χ1) is 21.7. The predicted molar refractivity (Wildman–Crippen MR) is 184 cm³/mol. The van der Waals surface area contributed by atoms with Crippen LogP contribution >= 0.6 is 11.6 Å². The molecule has 10 heteroatoms. The Bertz CT molecular complexity index is 1830. The zero-order chi connectivity index (χ0) is 33.5. The Balaban J connectivity index is 1.56. The third-order valence-electron chi connectivity index (χ3n) is 7.12. The van der Waals surface area contributed by atoms with Gasteiger partial charge in [-0.05, 0) is 76.6 Å². The largest absolute Gasteiger partial charge is 0.508 e. The van der Waals surface area contributed by atoms with E-state index in [2.05, 4.69) is 37.5 Å². The summed E-state index contributed by atoms with van der Waals surface area (Å²) in [5, 5.41) is 15.6. The molecule has 0 fully saturated rings. The Hall–Kier alpha value is -4.44. The number of phenols is 1. The Morgan fingerprint density at radius 1 is 0.935 bits per heavy atom. The van der Waals surface area contributed by atoms with Gasteiger partial charge in [0.2, 0.25) is 5.91 Å². The monoisotopic (exact) mass is 660 g/mol. The Kier molecular flexibility index (Phi) is 11.1. The summed E-state index contributed by atoms with van der Waals surface area (Å²) in [5.41, 5.74) is 5.13. The van der Waals surface area contributed by atoms with E-state index in [4.69, 9.17) is 16.2 Å². The van der Waals surface area contributed by atoms with Crippen molar-refractivity contribution in [3.8, 4) is 16.9 Å². The standard InChI is InChI=1S/C36H37ClN2O6S/c1-36(2,3)18-17-24-5-4-6-28(21-24)32(22-25-7-9-27(10-8-25)34(41)38-19-20-46(43,44)45)35(42)39-29-13-11-26(12-14-29)31-16-15-30(40)23-33(31)37/h4-18,21,23,32,40H,19-20,22H2,1-3H3,(H,38,41)(H,39,42)(H,43,44,45)/b18-17+. The summed E-state index contributed by atoms with van der Waals surface area (Å²) >= 11 is 6.31. The highest BCUT2D eigenvalue weighted by atomic mass is 35.5. The first-order valence-electron chi connectivity index (χ1n) is 14.7. The molecule has 0 heterocycles. The van der Waals surface area contributed by atoms with Crippen molar-refractivity contribution in [2.75, 3.05) is 17.6 Å². The molecule has 0 saturated heterocycles. The second-order valence-electron chi connectivity index (χ2n) is 12.1. The van der Waals surface area contributed by atoms with Gasteiger partial charge in [0.15, 0.2) is 0 Å². The summed E-state index contributed by atoms with van der Waals surface area (Å²) < 4.78 is 30.8. The molecule has 0 radical (unpaired) electrons. The molecule has 240 valence electrons. The normalized spacial score (nSPS) is 12.5. The Morgan fingerprint density at radius 3 is 2.26 bits per heavy atom. The lowest BCUT2D eigenvalue weighted by Crippen LogP contribution is -2.28. The minimum atomic E-state index is -4.18. The van der Waals surface area contributed by atoms with Crippen LogP contribution in [0.5, 0.6) is 5.75 Å². The number of hydrogen-bond donors (Lipinski definition) is 4. The highest BCUT2D eigenvalue weighted by Gasteiger charge is 2.22. The number of carbonyl (C=O) groups excluding carboxylic acids is 2. The lowest BCUT2D eigenvalue weighted by molar-refractivity contribution is -0.117. The Morgan fingerprint density at radius 2 is 1.63 bits per heavy atom. The van der Waals surface area contributed by atoms with Gasteiger partial charge in [-0.2, -0.15) is 8.42 Å². The quantitative estimate of drug-likeness (QED) is 0.124. The molecule has 8 nitrogen and oxygen atoms in total. The fourth-order valence-corrected chi connectivity index (χ4v) is 5.36.